The van der Waals surface area contributed by atoms with Gasteiger partial charge >= 0.3 is 0 Å². The van der Waals surface area contributed by atoms with Crippen LogP contribution in [-0.2, 0) is 5.41 Å². The average Bonchev–Trinajstić information content (AvgIpc) is 2.04. The van der Waals surface area contributed by atoms with Gasteiger partial charge in [-0.05, 0) is 23.1 Å². The molecular formula is C11H18N2. The van der Waals surface area contributed by atoms with Crippen molar-refractivity contribution >= 4 is 5.69 Å². The van der Waals surface area contributed by atoms with Crippen molar-refractivity contribution in [1.29, 1.82) is 0 Å². The Hall–Kier alpha value is -1.02. The minimum Gasteiger partial charge on any atom is -0.322 e. The Kier molecular flexibility index (Phi) is 2.94. The molecule has 0 heterocycles. The second kappa shape index (κ2) is 3.79. The van der Waals surface area contributed by atoms with Crippen molar-refractivity contribution in [2.45, 2.75) is 26.2 Å². The van der Waals surface area contributed by atoms with Gasteiger partial charge in [0.25, 0.3) is 0 Å². The fourth-order valence-electron chi connectivity index (χ4n) is 1.20. The number of hydrazine groups is 1. The lowest BCUT2D eigenvalue weighted by Gasteiger charge is -2.19. The molecular weight excluding hydrogens is 160 g/mol. The zero-order chi connectivity index (χ0) is 9.90. The fourth-order valence-corrected chi connectivity index (χ4v) is 1.20. The van der Waals surface area contributed by atoms with E-state index < -0.39 is 0 Å². The van der Waals surface area contributed by atoms with E-state index in [-0.39, 0.29) is 5.41 Å². The normalized spacial score (nSPS) is 11.4. The van der Waals surface area contributed by atoms with Crippen molar-refractivity contribution in [1.82, 2.24) is 5.43 Å². The van der Waals surface area contributed by atoms with Crippen LogP contribution in [-0.4, -0.2) is 7.05 Å². The van der Waals surface area contributed by atoms with Crippen LogP contribution in [0.3, 0.4) is 0 Å². The summed E-state index contributed by atoms with van der Waals surface area (Å²) in [5.74, 6) is 0. The van der Waals surface area contributed by atoms with Gasteiger partial charge in [0.05, 0.1) is 0 Å². The van der Waals surface area contributed by atoms with Crippen LogP contribution in [0.5, 0.6) is 0 Å². The maximum atomic E-state index is 3.04. The van der Waals surface area contributed by atoms with E-state index in [0.717, 1.165) is 5.69 Å². The molecule has 0 spiro atoms. The maximum Gasteiger partial charge on any atom is 0.0487 e. The van der Waals surface area contributed by atoms with Crippen molar-refractivity contribution in [3.63, 3.8) is 0 Å². The quantitative estimate of drug-likeness (QED) is 0.680. The molecule has 0 aliphatic rings. The highest BCUT2D eigenvalue weighted by atomic mass is 15.3. The molecule has 1 aromatic carbocycles. The topological polar surface area (TPSA) is 24.1 Å². The molecule has 0 atom stereocenters. The third kappa shape index (κ3) is 2.74. The van der Waals surface area contributed by atoms with Gasteiger partial charge < -0.3 is 5.43 Å². The Morgan fingerprint density at radius 1 is 1.00 bits per heavy atom. The second-order valence-corrected chi connectivity index (χ2v) is 4.20. The van der Waals surface area contributed by atoms with Gasteiger partial charge in [0.2, 0.25) is 0 Å². The van der Waals surface area contributed by atoms with Gasteiger partial charge in [-0.15, -0.1) is 0 Å². The van der Waals surface area contributed by atoms with Gasteiger partial charge in [-0.25, -0.2) is 5.43 Å². The third-order valence-electron chi connectivity index (χ3n) is 2.02. The Morgan fingerprint density at radius 3 is 1.92 bits per heavy atom. The predicted molar refractivity (Wildman–Crippen MR) is 57.8 cm³/mol. The summed E-state index contributed by atoms with van der Waals surface area (Å²) >= 11 is 0. The zero-order valence-corrected chi connectivity index (χ0v) is 8.81. The number of hydrogen-bond donors (Lipinski definition) is 2. The number of anilines is 1. The van der Waals surface area contributed by atoms with E-state index in [9.17, 15) is 0 Å². The van der Waals surface area contributed by atoms with E-state index in [1.165, 1.54) is 5.56 Å². The molecule has 0 unspecified atom stereocenters. The predicted octanol–water partition coefficient (Wildman–Crippen LogP) is 2.53. The second-order valence-electron chi connectivity index (χ2n) is 4.20. The molecule has 2 N–H and O–H groups in total. The lowest BCUT2D eigenvalue weighted by molar-refractivity contribution is 0.590. The molecule has 0 amide bonds. The van der Waals surface area contributed by atoms with Crippen LogP contribution in [0.1, 0.15) is 26.3 Å². The first-order valence-corrected chi connectivity index (χ1v) is 4.57. The molecule has 0 aliphatic heterocycles. The van der Waals surface area contributed by atoms with E-state index in [0.29, 0.717) is 0 Å². The first-order chi connectivity index (χ1) is 6.04. The van der Waals surface area contributed by atoms with Crippen molar-refractivity contribution in [3.8, 4) is 0 Å². The van der Waals surface area contributed by atoms with Crippen LogP contribution < -0.4 is 10.9 Å². The van der Waals surface area contributed by atoms with E-state index >= 15 is 0 Å². The Morgan fingerprint density at radius 2 is 1.54 bits per heavy atom. The molecule has 2 nitrogen and oxygen atoms in total. The lowest BCUT2D eigenvalue weighted by Crippen LogP contribution is -2.15. The van der Waals surface area contributed by atoms with Crippen LogP contribution in [0.2, 0.25) is 0 Å². The smallest absolute Gasteiger partial charge is 0.0487 e. The zero-order valence-electron chi connectivity index (χ0n) is 8.81. The third-order valence-corrected chi connectivity index (χ3v) is 2.02. The molecule has 0 saturated heterocycles. The molecule has 0 saturated carbocycles. The van der Waals surface area contributed by atoms with Crippen molar-refractivity contribution in [2.75, 3.05) is 12.5 Å². The van der Waals surface area contributed by atoms with E-state index in [4.69, 9.17) is 0 Å². The molecule has 0 aromatic heterocycles. The summed E-state index contributed by atoms with van der Waals surface area (Å²) in [4.78, 5) is 0. The van der Waals surface area contributed by atoms with Gasteiger partial charge in [0.1, 0.15) is 0 Å². The summed E-state index contributed by atoms with van der Waals surface area (Å²) in [6.45, 7) is 6.65. The van der Waals surface area contributed by atoms with Crippen LogP contribution in [0.15, 0.2) is 24.3 Å². The molecule has 0 fully saturated rings. The summed E-state index contributed by atoms with van der Waals surface area (Å²) in [5.41, 5.74) is 8.61. The van der Waals surface area contributed by atoms with Crippen molar-refractivity contribution in [3.05, 3.63) is 29.8 Å². The number of nitrogens with one attached hydrogen (secondary N) is 2. The van der Waals surface area contributed by atoms with E-state index in [2.05, 4.69) is 55.9 Å². The Labute approximate surface area is 80.3 Å². The molecule has 13 heavy (non-hydrogen) atoms. The standard InChI is InChI=1S/C11H18N2/c1-11(2,3)9-5-7-10(8-6-9)13-12-4/h5-8,12-13H,1-4H3. The minimum absolute atomic E-state index is 0.234. The van der Waals surface area contributed by atoms with E-state index in [1.54, 1.807) is 0 Å². The van der Waals surface area contributed by atoms with Crippen molar-refractivity contribution < 1.29 is 0 Å². The van der Waals surface area contributed by atoms with Crippen LogP contribution in [0.4, 0.5) is 5.69 Å². The highest BCUT2D eigenvalue weighted by molar-refractivity contribution is 5.44. The average molecular weight is 178 g/mol. The summed E-state index contributed by atoms with van der Waals surface area (Å²) in [6.07, 6.45) is 0. The summed E-state index contributed by atoms with van der Waals surface area (Å²) in [6, 6.07) is 8.47. The number of hydrogen-bond acceptors (Lipinski definition) is 2. The monoisotopic (exact) mass is 178 g/mol. The lowest BCUT2D eigenvalue weighted by atomic mass is 9.87. The van der Waals surface area contributed by atoms with Crippen LogP contribution >= 0.6 is 0 Å². The largest absolute Gasteiger partial charge is 0.322 e. The van der Waals surface area contributed by atoms with Gasteiger partial charge in [0.15, 0.2) is 0 Å². The number of benzene rings is 1. The summed E-state index contributed by atoms with van der Waals surface area (Å²) in [5, 5.41) is 0. The maximum absolute atomic E-state index is 3.04. The molecule has 0 aliphatic carbocycles. The Balaban J connectivity index is 2.81. The molecule has 1 aromatic rings. The minimum atomic E-state index is 0.234. The Bertz CT molecular complexity index is 256. The van der Waals surface area contributed by atoms with Crippen LogP contribution in [0.25, 0.3) is 0 Å². The molecule has 72 valence electrons. The first-order valence-electron chi connectivity index (χ1n) is 4.57. The fraction of sp³-hybridized carbons (Fsp3) is 0.455. The van der Waals surface area contributed by atoms with Crippen LogP contribution in [0, 0.1) is 0 Å². The van der Waals surface area contributed by atoms with Gasteiger partial charge in [-0.2, -0.15) is 0 Å². The summed E-state index contributed by atoms with van der Waals surface area (Å²) in [7, 11) is 1.86. The van der Waals surface area contributed by atoms with Crippen molar-refractivity contribution in [2.24, 2.45) is 0 Å². The molecule has 0 radical (unpaired) electrons. The molecule has 2 heteroatoms. The van der Waals surface area contributed by atoms with Gasteiger partial charge in [-0.3, -0.25) is 0 Å². The van der Waals surface area contributed by atoms with E-state index in [1.807, 2.05) is 7.05 Å². The van der Waals surface area contributed by atoms with Gasteiger partial charge in [0, 0.05) is 12.7 Å². The molecule has 0 bridgehead atoms. The highest BCUT2D eigenvalue weighted by Gasteiger charge is 2.12. The number of rotatable bonds is 2. The SMILES string of the molecule is CNNc1ccc(C(C)(C)C)cc1. The first kappa shape index (κ1) is 10.1. The molecule has 1 rings (SSSR count). The highest BCUT2D eigenvalue weighted by Crippen LogP contribution is 2.23. The van der Waals surface area contributed by atoms with Gasteiger partial charge in [-0.1, -0.05) is 32.9 Å². The summed E-state index contributed by atoms with van der Waals surface area (Å²) < 4.78 is 0.